The average Bonchev–Trinajstić information content (AvgIpc) is 3.30. The van der Waals surface area contributed by atoms with Crippen LogP contribution in [-0.4, -0.2) is 22.3 Å². The van der Waals surface area contributed by atoms with Crippen molar-refractivity contribution in [3.8, 4) is 11.5 Å². The molecule has 1 aliphatic carbocycles. The molecule has 0 unspecified atom stereocenters. The van der Waals surface area contributed by atoms with Crippen LogP contribution in [0.3, 0.4) is 0 Å². The third-order valence-corrected chi connectivity index (χ3v) is 6.50. The van der Waals surface area contributed by atoms with E-state index >= 15 is 0 Å². The molecule has 5 rings (SSSR count). The van der Waals surface area contributed by atoms with Crippen molar-refractivity contribution in [2.24, 2.45) is 0 Å². The molecule has 0 bridgehead atoms. The van der Waals surface area contributed by atoms with Gasteiger partial charge in [0.15, 0.2) is 16.3 Å². The fourth-order valence-electron chi connectivity index (χ4n) is 4.32. The lowest BCUT2D eigenvalue weighted by atomic mass is 9.97. The van der Waals surface area contributed by atoms with Gasteiger partial charge in [0.25, 0.3) is 11.5 Å². The van der Waals surface area contributed by atoms with Crippen LogP contribution in [0.15, 0.2) is 52.8 Å². The van der Waals surface area contributed by atoms with Crippen molar-refractivity contribution in [3.63, 3.8) is 0 Å². The third-order valence-electron chi connectivity index (χ3n) is 6.18. The van der Waals surface area contributed by atoms with Crippen molar-refractivity contribution in [1.82, 2.24) is 14.9 Å². The van der Waals surface area contributed by atoms with Crippen LogP contribution in [0, 0.1) is 4.77 Å². The Morgan fingerprint density at radius 2 is 2.00 bits per heavy atom. The number of aromatic nitrogens is 2. The molecule has 2 aliphatic rings. The Balaban J connectivity index is 1.31. The second-order valence-electron chi connectivity index (χ2n) is 8.38. The molecule has 3 aromatic rings. The average molecular weight is 464 g/mol. The van der Waals surface area contributed by atoms with E-state index in [4.69, 9.17) is 21.7 Å². The van der Waals surface area contributed by atoms with Gasteiger partial charge in [0.1, 0.15) is 0 Å². The number of ether oxygens (including phenoxy) is 2. The van der Waals surface area contributed by atoms with Crippen LogP contribution < -0.4 is 20.3 Å². The number of rotatable bonds is 6. The highest BCUT2D eigenvalue weighted by atomic mass is 32.1. The molecular formula is C25H25N3O4S. The van der Waals surface area contributed by atoms with Gasteiger partial charge in [0.2, 0.25) is 6.79 Å². The number of benzene rings is 2. The number of hydrogen-bond acceptors (Lipinski definition) is 5. The van der Waals surface area contributed by atoms with Crippen molar-refractivity contribution in [3.05, 3.63) is 74.3 Å². The van der Waals surface area contributed by atoms with Crippen molar-refractivity contribution in [1.29, 1.82) is 0 Å². The van der Waals surface area contributed by atoms with Crippen molar-refractivity contribution in [2.45, 2.75) is 45.2 Å². The largest absolute Gasteiger partial charge is 0.454 e. The van der Waals surface area contributed by atoms with Gasteiger partial charge >= 0.3 is 0 Å². The minimum absolute atomic E-state index is 0.127. The molecule has 1 aromatic heterocycles. The molecule has 0 atom stereocenters. The first-order chi connectivity index (χ1) is 16.1. The summed E-state index contributed by atoms with van der Waals surface area (Å²) in [5.41, 5.74) is 3.20. The Morgan fingerprint density at radius 1 is 1.12 bits per heavy atom. The molecule has 7 nitrogen and oxygen atoms in total. The van der Waals surface area contributed by atoms with E-state index in [1.54, 1.807) is 22.8 Å². The molecule has 0 saturated carbocycles. The van der Waals surface area contributed by atoms with E-state index in [9.17, 15) is 9.59 Å². The molecule has 0 spiro atoms. The van der Waals surface area contributed by atoms with Crippen molar-refractivity contribution in [2.75, 3.05) is 6.79 Å². The van der Waals surface area contributed by atoms with Crippen molar-refractivity contribution < 1.29 is 14.3 Å². The molecule has 8 heteroatoms. The zero-order valence-electron chi connectivity index (χ0n) is 18.2. The molecule has 2 aromatic carbocycles. The Hall–Kier alpha value is -3.39. The lowest BCUT2D eigenvalue weighted by Gasteiger charge is -2.14. The first-order valence-electron chi connectivity index (χ1n) is 11.2. The maximum atomic E-state index is 13.0. The summed E-state index contributed by atoms with van der Waals surface area (Å²) < 4.78 is 12.7. The van der Waals surface area contributed by atoms with Gasteiger partial charge in [-0.2, -0.15) is 0 Å². The highest BCUT2D eigenvalue weighted by Gasteiger charge is 2.15. The Kier molecular flexibility index (Phi) is 6.00. The van der Waals surface area contributed by atoms with Crippen molar-refractivity contribution >= 4 is 29.0 Å². The minimum atomic E-state index is -0.234. The predicted octanol–water partition coefficient (Wildman–Crippen LogP) is 4.61. The first-order valence-corrected chi connectivity index (χ1v) is 11.6. The summed E-state index contributed by atoms with van der Waals surface area (Å²) in [6, 6.07) is 10.6. The van der Waals surface area contributed by atoms with E-state index in [-0.39, 0.29) is 18.3 Å². The number of nitrogens with zero attached hydrogens (tertiary/aromatic N) is 1. The first kappa shape index (κ1) is 21.5. The smallest absolute Gasteiger partial charge is 0.262 e. The van der Waals surface area contributed by atoms with Gasteiger partial charge in [-0.25, -0.2) is 0 Å². The highest BCUT2D eigenvalue weighted by Crippen LogP contribution is 2.32. The summed E-state index contributed by atoms with van der Waals surface area (Å²) in [5, 5.41) is 3.43. The van der Waals surface area contributed by atoms with Gasteiger partial charge in [-0.3, -0.25) is 14.2 Å². The maximum absolute atomic E-state index is 13.0. The number of aromatic amines is 1. The summed E-state index contributed by atoms with van der Waals surface area (Å²) in [6.45, 7) is 1.12. The van der Waals surface area contributed by atoms with E-state index in [0.717, 1.165) is 24.8 Å². The molecule has 1 amide bonds. The molecule has 2 N–H and O–H groups in total. The van der Waals surface area contributed by atoms with E-state index in [2.05, 4.69) is 16.4 Å². The van der Waals surface area contributed by atoms with E-state index in [0.29, 0.717) is 45.8 Å². The van der Waals surface area contributed by atoms with Gasteiger partial charge in [-0.05, 0) is 80.2 Å². The summed E-state index contributed by atoms with van der Waals surface area (Å²) >= 11 is 5.46. The number of hydrogen-bond donors (Lipinski definition) is 2. The normalized spacial score (nSPS) is 14.8. The van der Waals surface area contributed by atoms with Crippen LogP contribution in [0.25, 0.3) is 10.9 Å². The minimum Gasteiger partial charge on any atom is -0.454 e. The number of carbonyl (C=O) groups is 1. The van der Waals surface area contributed by atoms with Crippen LogP contribution in [0.2, 0.25) is 0 Å². The molecule has 170 valence electrons. The van der Waals surface area contributed by atoms with Crippen LogP contribution in [-0.2, 0) is 13.1 Å². The second kappa shape index (κ2) is 9.23. The SMILES string of the molecule is O=C(NCc1ccc2c(c1)OCO2)c1ccc2c(=O)n(CCC3=CCCCC3)c(=S)[nH]c2c1. The lowest BCUT2D eigenvalue weighted by molar-refractivity contribution is 0.0951. The number of H-pyrrole nitrogens is 1. The number of fused-ring (bicyclic) bond motifs is 2. The second-order valence-corrected chi connectivity index (χ2v) is 8.76. The monoisotopic (exact) mass is 463 g/mol. The number of allylic oxidation sites excluding steroid dienone is 2. The van der Waals surface area contributed by atoms with E-state index in [1.165, 1.54) is 18.4 Å². The Morgan fingerprint density at radius 3 is 2.85 bits per heavy atom. The quantitative estimate of drug-likeness (QED) is 0.412. The van der Waals surface area contributed by atoms with Crippen LogP contribution in [0.5, 0.6) is 11.5 Å². The lowest BCUT2D eigenvalue weighted by Crippen LogP contribution is -2.24. The summed E-state index contributed by atoms with van der Waals surface area (Å²) in [4.78, 5) is 28.9. The molecule has 0 radical (unpaired) electrons. The third kappa shape index (κ3) is 4.57. The van der Waals surface area contributed by atoms with Gasteiger partial charge < -0.3 is 19.8 Å². The molecule has 1 aliphatic heterocycles. The van der Waals surface area contributed by atoms with E-state index < -0.39 is 0 Å². The predicted molar refractivity (Wildman–Crippen MR) is 128 cm³/mol. The molecule has 0 saturated heterocycles. The standard InChI is InChI=1S/C25H25N3O4S/c29-23(26-14-17-6-9-21-22(12-17)32-15-31-21)18-7-8-19-20(13-18)27-25(33)28(24(19)30)11-10-16-4-2-1-3-5-16/h4,6-9,12-13H,1-3,5,10-11,14-15H2,(H,26,29)(H,27,33). The fourth-order valence-corrected chi connectivity index (χ4v) is 4.61. The zero-order valence-corrected chi connectivity index (χ0v) is 19.0. The molecule has 2 heterocycles. The fraction of sp³-hybridized carbons (Fsp3) is 0.320. The Bertz CT molecular complexity index is 1370. The van der Waals surface area contributed by atoms with Gasteiger partial charge in [0, 0.05) is 18.7 Å². The zero-order chi connectivity index (χ0) is 22.8. The van der Waals surface area contributed by atoms with Gasteiger partial charge in [-0.15, -0.1) is 0 Å². The molecule has 0 fully saturated rings. The number of carbonyl (C=O) groups excluding carboxylic acids is 1. The summed E-state index contributed by atoms with van der Waals surface area (Å²) in [5.74, 6) is 1.15. The maximum Gasteiger partial charge on any atom is 0.262 e. The molecule has 33 heavy (non-hydrogen) atoms. The number of amides is 1. The van der Waals surface area contributed by atoms with E-state index in [1.807, 2.05) is 18.2 Å². The summed E-state index contributed by atoms with van der Waals surface area (Å²) in [6.07, 6.45) is 7.80. The highest BCUT2D eigenvalue weighted by molar-refractivity contribution is 7.71. The van der Waals surface area contributed by atoms with Crippen LogP contribution in [0.1, 0.15) is 48.0 Å². The van der Waals surface area contributed by atoms with Gasteiger partial charge in [-0.1, -0.05) is 17.7 Å². The van der Waals surface area contributed by atoms with Gasteiger partial charge in [0.05, 0.1) is 10.9 Å². The number of nitrogens with one attached hydrogen (secondary N) is 2. The molecular weight excluding hydrogens is 438 g/mol. The Labute approximate surface area is 196 Å². The summed E-state index contributed by atoms with van der Waals surface area (Å²) in [7, 11) is 0. The van der Waals surface area contributed by atoms with Crippen LogP contribution >= 0.6 is 12.2 Å². The topological polar surface area (TPSA) is 85.3 Å². The van der Waals surface area contributed by atoms with Crippen LogP contribution in [0.4, 0.5) is 0 Å².